The highest BCUT2D eigenvalue weighted by Gasteiger charge is 2.42. The van der Waals surface area contributed by atoms with Crippen molar-refractivity contribution in [2.24, 2.45) is 5.41 Å². The molecule has 0 aliphatic carbocycles. The molecule has 0 aromatic rings. The lowest BCUT2D eigenvalue weighted by molar-refractivity contribution is 0.136. The number of carboxylic acid groups (broad SMARTS) is 1. The number of hydrogen-bond donors (Lipinski definition) is 1. The Labute approximate surface area is 71.1 Å². The van der Waals surface area contributed by atoms with Crippen LogP contribution in [-0.2, 0) is 4.74 Å². The van der Waals surface area contributed by atoms with Crippen molar-refractivity contribution >= 4 is 6.09 Å². The topological polar surface area (TPSA) is 49.8 Å². The highest BCUT2D eigenvalue weighted by atomic mass is 16.5. The van der Waals surface area contributed by atoms with Crippen molar-refractivity contribution in [3.05, 3.63) is 0 Å². The lowest BCUT2D eigenvalue weighted by Crippen LogP contribution is -2.31. The first-order valence-electron chi connectivity index (χ1n) is 4.28. The Morgan fingerprint density at radius 1 is 1.50 bits per heavy atom. The average molecular weight is 171 g/mol. The summed E-state index contributed by atoms with van der Waals surface area (Å²) in [6.07, 6.45) is 1.20. The molecule has 2 fully saturated rings. The smallest absolute Gasteiger partial charge is 0.407 e. The maximum Gasteiger partial charge on any atom is 0.407 e. The Hall–Kier alpha value is -0.770. The van der Waals surface area contributed by atoms with Gasteiger partial charge >= 0.3 is 6.09 Å². The zero-order chi connectivity index (χ0) is 8.60. The Bertz CT molecular complexity index is 198. The van der Waals surface area contributed by atoms with Gasteiger partial charge in [-0.05, 0) is 12.8 Å². The van der Waals surface area contributed by atoms with Crippen molar-refractivity contribution in [1.82, 2.24) is 4.90 Å². The molecule has 68 valence electrons. The molecular weight excluding hydrogens is 158 g/mol. The summed E-state index contributed by atoms with van der Waals surface area (Å²) in [6, 6.07) is 0. The van der Waals surface area contributed by atoms with Crippen LogP contribution in [0.1, 0.15) is 12.8 Å². The summed E-state index contributed by atoms with van der Waals surface area (Å²) in [7, 11) is 0. The molecule has 2 aliphatic heterocycles. The number of amides is 1. The van der Waals surface area contributed by atoms with Crippen LogP contribution in [0.3, 0.4) is 0 Å². The molecule has 1 amide bonds. The predicted molar refractivity (Wildman–Crippen MR) is 42.1 cm³/mol. The van der Waals surface area contributed by atoms with Gasteiger partial charge in [0.25, 0.3) is 0 Å². The fraction of sp³-hybridized carbons (Fsp3) is 0.875. The van der Waals surface area contributed by atoms with Crippen LogP contribution in [0.2, 0.25) is 0 Å². The molecule has 2 heterocycles. The second-order valence-corrected chi connectivity index (χ2v) is 3.76. The maximum absolute atomic E-state index is 10.6. The van der Waals surface area contributed by atoms with Crippen molar-refractivity contribution in [3.63, 3.8) is 0 Å². The molecule has 2 rings (SSSR count). The Balaban J connectivity index is 2.01. The normalized spacial score (nSPS) is 34.8. The van der Waals surface area contributed by atoms with Gasteiger partial charge in [-0.1, -0.05) is 0 Å². The van der Waals surface area contributed by atoms with Gasteiger partial charge in [0, 0.05) is 25.1 Å². The number of carbonyl (C=O) groups is 1. The number of ether oxygens (including phenoxy) is 1. The summed E-state index contributed by atoms with van der Waals surface area (Å²) in [5.74, 6) is 0. The lowest BCUT2D eigenvalue weighted by atomic mass is 9.87. The first kappa shape index (κ1) is 7.86. The quantitative estimate of drug-likeness (QED) is 0.585. The minimum absolute atomic E-state index is 0.165. The Kier molecular flexibility index (Phi) is 1.72. The van der Waals surface area contributed by atoms with Gasteiger partial charge in [0.05, 0.1) is 6.61 Å². The third-order valence-electron chi connectivity index (χ3n) is 2.89. The van der Waals surface area contributed by atoms with E-state index in [9.17, 15) is 4.79 Å². The molecule has 1 spiro atoms. The second-order valence-electron chi connectivity index (χ2n) is 3.76. The van der Waals surface area contributed by atoms with Crippen LogP contribution in [-0.4, -0.2) is 42.4 Å². The van der Waals surface area contributed by atoms with Gasteiger partial charge in [-0.25, -0.2) is 4.79 Å². The van der Waals surface area contributed by atoms with Crippen molar-refractivity contribution in [2.75, 3.05) is 26.3 Å². The van der Waals surface area contributed by atoms with Crippen molar-refractivity contribution in [2.45, 2.75) is 12.8 Å². The summed E-state index contributed by atoms with van der Waals surface area (Å²) in [4.78, 5) is 12.1. The van der Waals surface area contributed by atoms with E-state index in [0.717, 1.165) is 26.1 Å². The highest BCUT2D eigenvalue weighted by molar-refractivity contribution is 5.65. The molecule has 12 heavy (non-hydrogen) atoms. The van der Waals surface area contributed by atoms with Gasteiger partial charge < -0.3 is 14.7 Å². The van der Waals surface area contributed by atoms with E-state index in [2.05, 4.69) is 0 Å². The van der Waals surface area contributed by atoms with Crippen LogP contribution in [0.15, 0.2) is 0 Å². The molecule has 4 nitrogen and oxygen atoms in total. The van der Waals surface area contributed by atoms with Gasteiger partial charge in [0.2, 0.25) is 0 Å². The summed E-state index contributed by atoms with van der Waals surface area (Å²) >= 11 is 0. The molecular formula is C8H13NO3. The van der Waals surface area contributed by atoms with Crippen LogP contribution in [0.5, 0.6) is 0 Å². The third kappa shape index (κ3) is 1.16. The van der Waals surface area contributed by atoms with Crippen molar-refractivity contribution in [1.29, 1.82) is 0 Å². The van der Waals surface area contributed by atoms with Crippen LogP contribution < -0.4 is 0 Å². The first-order valence-corrected chi connectivity index (χ1v) is 4.28. The number of rotatable bonds is 0. The van der Waals surface area contributed by atoms with E-state index in [1.807, 2.05) is 0 Å². The molecule has 1 atom stereocenters. The van der Waals surface area contributed by atoms with Crippen molar-refractivity contribution in [3.8, 4) is 0 Å². The van der Waals surface area contributed by atoms with E-state index in [-0.39, 0.29) is 5.41 Å². The monoisotopic (exact) mass is 171 g/mol. The standard InChI is InChI=1S/C8H13NO3/c10-7(11)9-3-1-8(5-9)2-4-12-6-8/h1-6H2,(H,10,11)/t8-/m1/s1. The molecule has 0 aromatic carbocycles. The molecule has 1 N–H and O–H groups in total. The lowest BCUT2D eigenvalue weighted by Gasteiger charge is -2.19. The SMILES string of the molecule is O=C(O)N1CC[C@@]2(CCOC2)C1. The summed E-state index contributed by atoms with van der Waals surface area (Å²) < 4.78 is 5.29. The zero-order valence-corrected chi connectivity index (χ0v) is 6.95. The van der Waals surface area contributed by atoms with Crippen LogP contribution in [0.4, 0.5) is 4.79 Å². The molecule has 0 aromatic heterocycles. The van der Waals surface area contributed by atoms with Crippen molar-refractivity contribution < 1.29 is 14.6 Å². The van der Waals surface area contributed by atoms with Gasteiger partial charge in [-0.15, -0.1) is 0 Å². The van der Waals surface area contributed by atoms with Gasteiger partial charge in [-0.3, -0.25) is 0 Å². The largest absolute Gasteiger partial charge is 0.465 e. The number of hydrogen-bond acceptors (Lipinski definition) is 2. The number of nitrogens with zero attached hydrogens (tertiary/aromatic N) is 1. The minimum atomic E-state index is -0.793. The van der Waals surface area contributed by atoms with E-state index in [1.165, 1.54) is 4.90 Å². The number of likely N-dealkylation sites (tertiary alicyclic amines) is 1. The zero-order valence-electron chi connectivity index (χ0n) is 6.95. The van der Waals surface area contributed by atoms with E-state index in [4.69, 9.17) is 9.84 Å². The van der Waals surface area contributed by atoms with E-state index < -0.39 is 6.09 Å². The van der Waals surface area contributed by atoms with E-state index in [1.54, 1.807) is 0 Å². The molecule has 2 saturated heterocycles. The van der Waals surface area contributed by atoms with E-state index in [0.29, 0.717) is 13.1 Å². The fourth-order valence-corrected chi connectivity index (χ4v) is 2.07. The molecule has 0 bridgehead atoms. The second kappa shape index (κ2) is 2.62. The summed E-state index contributed by atoms with van der Waals surface area (Å²) in [5, 5.41) is 8.74. The molecule has 0 unspecified atom stereocenters. The third-order valence-corrected chi connectivity index (χ3v) is 2.89. The molecule has 4 heteroatoms. The van der Waals surface area contributed by atoms with Crippen LogP contribution in [0, 0.1) is 5.41 Å². The summed E-state index contributed by atoms with van der Waals surface area (Å²) in [6.45, 7) is 2.89. The molecule has 0 radical (unpaired) electrons. The first-order chi connectivity index (χ1) is 5.72. The maximum atomic E-state index is 10.6. The predicted octanol–water partition coefficient (Wildman–Crippen LogP) is 0.777. The minimum Gasteiger partial charge on any atom is -0.465 e. The van der Waals surface area contributed by atoms with Gasteiger partial charge in [0.15, 0.2) is 0 Å². The Morgan fingerprint density at radius 2 is 2.33 bits per heavy atom. The van der Waals surface area contributed by atoms with E-state index >= 15 is 0 Å². The Morgan fingerprint density at radius 3 is 2.83 bits per heavy atom. The van der Waals surface area contributed by atoms with Gasteiger partial charge in [0.1, 0.15) is 0 Å². The average Bonchev–Trinajstić information content (AvgIpc) is 2.62. The van der Waals surface area contributed by atoms with Crippen LogP contribution in [0.25, 0.3) is 0 Å². The highest BCUT2D eigenvalue weighted by Crippen LogP contribution is 2.37. The van der Waals surface area contributed by atoms with Gasteiger partial charge in [-0.2, -0.15) is 0 Å². The molecule has 2 aliphatic rings. The van der Waals surface area contributed by atoms with Crippen LogP contribution >= 0.6 is 0 Å². The fourth-order valence-electron chi connectivity index (χ4n) is 2.07. The molecule has 0 saturated carbocycles. The summed E-state index contributed by atoms with van der Waals surface area (Å²) in [5.41, 5.74) is 0.165.